The standard InChI is InChI=1S/C14H23N5O2/c1-15-14(13(20)21)5-2-3-11(14)4-6-18-7-8-19-10-16-17-12(19)9-18/h10-11,15H,2-9H2,1H3,(H,20,21). The van der Waals surface area contributed by atoms with Gasteiger partial charge in [0.05, 0.1) is 6.54 Å². The van der Waals surface area contributed by atoms with Crippen molar-refractivity contribution < 1.29 is 9.90 Å². The van der Waals surface area contributed by atoms with Crippen LogP contribution in [-0.4, -0.2) is 56.4 Å². The minimum atomic E-state index is -0.726. The zero-order valence-electron chi connectivity index (χ0n) is 12.5. The first-order valence-corrected chi connectivity index (χ1v) is 7.67. The molecule has 2 N–H and O–H groups in total. The molecule has 1 aromatic rings. The molecule has 2 aliphatic rings. The Bertz CT molecular complexity index is 517. The summed E-state index contributed by atoms with van der Waals surface area (Å²) >= 11 is 0. The molecule has 7 nitrogen and oxygen atoms in total. The van der Waals surface area contributed by atoms with Gasteiger partial charge in [0.15, 0.2) is 0 Å². The van der Waals surface area contributed by atoms with Crippen LogP contribution in [0.1, 0.15) is 31.5 Å². The molecule has 116 valence electrons. The van der Waals surface area contributed by atoms with Crippen LogP contribution in [-0.2, 0) is 17.9 Å². The third-order valence-corrected chi connectivity index (χ3v) is 5.16. The van der Waals surface area contributed by atoms with Crippen molar-refractivity contribution in [3.63, 3.8) is 0 Å². The van der Waals surface area contributed by atoms with Crippen molar-refractivity contribution in [3.05, 3.63) is 12.2 Å². The van der Waals surface area contributed by atoms with Gasteiger partial charge in [-0.25, -0.2) is 0 Å². The first kappa shape index (κ1) is 14.5. The molecule has 0 saturated heterocycles. The number of hydrogen-bond donors (Lipinski definition) is 2. The summed E-state index contributed by atoms with van der Waals surface area (Å²) in [7, 11) is 1.77. The van der Waals surface area contributed by atoms with E-state index in [1.807, 2.05) is 0 Å². The number of nitrogens with one attached hydrogen (secondary N) is 1. The highest BCUT2D eigenvalue weighted by atomic mass is 16.4. The number of fused-ring (bicyclic) bond motifs is 1. The Balaban J connectivity index is 1.59. The van der Waals surface area contributed by atoms with Crippen LogP contribution in [0.25, 0.3) is 0 Å². The maximum Gasteiger partial charge on any atom is 0.324 e. The fourth-order valence-corrected chi connectivity index (χ4v) is 3.83. The van der Waals surface area contributed by atoms with Crippen LogP contribution in [0.2, 0.25) is 0 Å². The average molecular weight is 293 g/mol. The summed E-state index contributed by atoms with van der Waals surface area (Å²) in [5, 5.41) is 20.7. The van der Waals surface area contributed by atoms with Crippen molar-refractivity contribution in [2.24, 2.45) is 5.92 Å². The number of carbonyl (C=O) groups is 1. The second-order valence-electron chi connectivity index (χ2n) is 6.12. The van der Waals surface area contributed by atoms with E-state index in [2.05, 4.69) is 25.0 Å². The van der Waals surface area contributed by atoms with E-state index in [4.69, 9.17) is 0 Å². The Kier molecular flexibility index (Phi) is 3.95. The lowest BCUT2D eigenvalue weighted by atomic mass is 9.84. The number of rotatable bonds is 5. The van der Waals surface area contributed by atoms with Crippen LogP contribution in [0.5, 0.6) is 0 Å². The van der Waals surface area contributed by atoms with Crippen LogP contribution in [0, 0.1) is 5.92 Å². The summed E-state index contributed by atoms with van der Waals surface area (Å²) < 4.78 is 2.08. The van der Waals surface area contributed by atoms with Crippen LogP contribution in [0.3, 0.4) is 0 Å². The van der Waals surface area contributed by atoms with Gasteiger partial charge in [-0.05, 0) is 38.8 Å². The maximum absolute atomic E-state index is 11.6. The molecule has 2 atom stereocenters. The van der Waals surface area contributed by atoms with E-state index in [9.17, 15) is 9.90 Å². The Hall–Kier alpha value is -1.47. The first-order valence-electron chi connectivity index (χ1n) is 7.67. The van der Waals surface area contributed by atoms with Gasteiger partial charge in [-0.1, -0.05) is 6.42 Å². The van der Waals surface area contributed by atoms with E-state index in [1.54, 1.807) is 13.4 Å². The summed E-state index contributed by atoms with van der Waals surface area (Å²) in [5.74, 6) is 0.511. The van der Waals surface area contributed by atoms with E-state index < -0.39 is 11.5 Å². The molecule has 1 aromatic heterocycles. The van der Waals surface area contributed by atoms with E-state index in [1.165, 1.54) is 0 Å². The van der Waals surface area contributed by atoms with Gasteiger partial charge in [0, 0.05) is 13.1 Å². The summed E-state index contributed by atoms with van der Waals surface area (Å²) in [6, 6.07) is 0. The van der Waals surface area contributed by atoms with Crippen LogP contribution >= 0.6 is 0 Å². The maximum atomic E-state index is 11.6. The number of aromatic nitrogens is 3. The molecule has 2 unspecified atom stereocenters. The van der Waals surface area contributed by atoms with Crippen molar-refractivity contribution in [2.75, 3.05) is 20.1 Å². The second kappa shape index (κ2) is 5.73. The monoisotopic (exact) mass is 293 g/mol. The van der Waals surface area contributed by atoms with Gasteiger partial charge in [0.1, 0.15) is 17.7 Å². The van der Waals surface area contributed by atoms with Crippen LogP contribution < -0.4 is 5.32 Å². The predicted molar refractivity (Wildman–Crippen MR) is 76.7 cm³/mol. The Morgan fingerprint density at radius 1 is 1.57 bits per heavy atom. The highest BCUT2D eigenvalue weighted by Crippen LogP contribution is 2.38. The van der Waals surface area contributed by atoms with Gasteiger partial charge in [-0.3, -0.25) is 9.69 Å². The van der Waals surface area contributed by atoms with E-state index in [0.29, 0.717) is 0 Å². The van der Waals surface area contributed by atoms with E-state index >= 15 is 0 Å². The SMILES string of the molecule is CNC1(C(=O)O)CCCC1CCN1CCn2cnnc2C1. The first-order chi connectivity index (χ1) is 10.2. The average Bonchev–Trinajstić information content (AvgIpc) is 3.11. The van der Waals surface area contributed by atoms with Gasteiger partial charge in [-0.2, -0.15) is 0 Å². The number of carboxylic acids is 1. The summed E-state index contributed by atoms with van der Waals surface area (Å²) in [4.78, 5) is 14.0. The van der Waals surface area contributed by atoms with Gasteiger partial charge in [0.2, 0.25) is 0 Å². The molecule has 0 amide bonds. The summed E-state index contributed by atoms with van der Waals surface area (Å²) in [5.41, 5.74) is -0.726. The van der Waals surface area contributed by atoms with Crippen molar-refractivity contribution in [3.8, 4) is 0 Å². The topological polar surface area (TPSA) is 83.3 Å². The molecule has 7 heteroatoms. The summed E-state index contributed by atoms with van der Waals surface area (Å²) in [6.45, 7) is 3.64. The third kappa shape index (κ3) is 2.55. The van der Waals surface area contributed by atoms with Gasteiger partial charge in [-0.15, -0.1) is 10.2 Å². The Labute approximate surface area is 124 Å². The second-order valence-corrected chi connectivity index (χ2v) is 6.12. The normalized spacial score (nSPS) is 29.5. The lowest BCUT2D eigenvalue weighted by molar-refractivity contribution is -0.146. The van der Waals surface area contributed by atoms with Gasteiger partial charge in [0.25, 0.3) is 0 Å². The molecule has 21 heavy (non-hydrogen) atoms. The Morgan fingerprint density at radius 3 is 3.19 bits per heavy atom. The molecular formula is C14H23N5O2. The molecule has 0 spiro atoms. The molecule has 1 aliphatic carbocycles. The molecule has 0 aromatic carbocycles. The number of nitrogens with zero attached hydrogens (tertiary/aromatic N) is 4. The smallest absolute Gasteiger partial charge is 0.324 e. The molecule has 1 saturated carbocycles. The van der Waals surface area contributed by atoms with Gasteiger partial charge >= 0.3 is 5.97 Å². The van der Waals surface area contributed by atoms with Crippen molar-refractivity contribution in [2.45, 2.75) is 44.3 Å². The van der Waals surface area contributed by atoms with Crippen molar-refractivity contribution in [1.82, 2.24) is 25.0 Å². The largest absolute Gasteiger partial charge is 0.480 e. The number of carboxylic acid groups (broad SMARTS) is 1. The van der Waals surface area contributed by atoms with Crippen molar-refractivity contribution >= 4 is 5.97 Å². The molecule has 1 fully saturated rings. The molecule has 0 radical (unpaired) electrons. The van der Waals surface area contributed by atoms with Gasteiger partial charge < -0.3 is 15.0 Å². The number of likely N-dealkylation sites (N-methyl/N-ethyl adjacent to an activating group) is 1. The van der Waals surface area contributed by atoms with Crippen LogP contribution in [0.4, 0.5) is 0 Å². The summed E-state index contributed by atoms with van der Waals surface area (Å²) in [6.07, 6.45) is 5.42. The van der Waals surface area contributed by atoms with E-state index in [0.717, 1.165) is 57.7 Å². The molecule has 0 bridgehead atoms. The minimum Gasteiger partial charge on any atom is -0.480 e. The highest BCUT2D eigenvalue weighted by molar-refractivity contribution is 5.79. The zero-order chi connectivity index (χ0) is 14.9. The lowest BCUT2D eigenvalue weighted by Gasteiger charge is -2.33. The fourth-order valence-electron chi connectivity index (χ4n) is 3.83. The fraction of sp³-hybridized carbons (Fsp3) is 0.786. The lowest BCUT2D eigenvalue weighted by Crippen LogP contribution is -2.53. The molecular weight excluding hydrogens is 270 g/mol. The number of aliphatic carboxylic acids is 1. The molecule has 2 heterocycles. The number of hydrogen-bond acceptors (Lipinski definition) is 5. The Morgan fingerprint density at radius 2 is 2.43 bits per heavy atom. The zero-order valence-corrected chi connectivity index (χ0v) is 12.5. The van der Waals surface area contributed by atoms with E-state index in [-0.39, 0.29) is 5.92 Å². The van der Waals surface area contributed by atoms with Crippen molar-refractivity contribution in [1.29, 1.82) is 0 Å². The minimum absolute atomic E-state index is 0.208. The quantitative estimate of drug-likeness (QED) is 0.814. The third-order valence-electron chi connectivity index (χ3n) is 5.16. The highest BCUT2D eigenvalue weighted by Gasteiger charge is 2.47. The van der Waals surface area contributed by atoms with Crippen LogP contribution in [0.15, 0.2) is 6.33 Å². The molecule has 3 rings (SSSR count). The predicted octanol–water partition coefficient (Wildman–Crippen LogP) is 0.327. The molecule has 1 aliphatic heterocycles.